The number of Topliss-reactive ketones (excluding diaryl/α,β-unsaturated/α-hetero) is 1. The maximum Gasteiger partial charge on any atom is 0.300 e. The lowest BCUT2D eigenvalue weighted by Crippen LogP contribution is -2.30. The molecular weight excluding hydrogens is 454 g/mol. The summed E-state index contributed by atoms with van der Waals surface area (Å²) in [6.07, 6.45) is 1.47. The topological polar surface area (TPSA) is 80.0 Å². The van der Waals surface area contributed by atoms with Crippen molar-refractivity contribution in [3.8, 4) is 5.75 Å². The van der Waals surface area contributed by atoms with Gasteiger partial charge in [0.25, 0.3) is 11.7 Å². The van der Waals surface area contributed by atoms with E-state index < -0.39 is 17.7 Å². The van der Waals surface area contributed by atoms with E-state index in [9.17, 15) is 14.7 Å². The summed E-state index contributed by atoms with van der Waals surface area (Å²) in [5.74, 6) is -0.649. The van der Waals surface area contributed by atoms with Crippen LogP contribution in [0.15, 0.2) is 58.7 Å². The molecule has 0 spiro atoms. The Hall–Kier alpha value is -3.51. The van der Waals surface area contributed by atoms with Gasteiger partial charge in [-0.2, -0.15) is 0 Å². The van der Waals surface area contributed by atoms with Crippen molar-refractivity contribution >= 4 is 34.7 Å². The number of carbonyl (C=O) groups excluding carboxylic acids is 2. The van der Waals surface area contributed by atoms with Gasteiger partial charge in [-0.05, 0) is 72.9 Å². The van der Waals surface area contributed by atoms with E-state index in [1.807, 2.05) is 39.8 Å². The third-order valence-electron chi connectivity index (χ3n) is 6.14. The van der Waals surface area contributed by atoms with Crippen LogP contribution in [0.3, 0.4) is 0 Å². The minimum Gasteiger partial charge on any atom is -0.507 e. The average Bonchev–Trinajstić information content (AvgIpc) is 3.41. The van der Waals surface area contributed by atoms with Gasteiger partial charge in [0.15, 0.2) is 0 Å². The fourth-order valence-corrected chi connectivity index (χ4v) is 4.53. The van der Waals surface area contributed by atoms with Crippen molar-refractivity contribution in [3.05, 3.63) is 87.3 Å². The van der Waals surface area contributed by atoms with Crippen molar-refractivity contribution in [1.29, 1.82) is 0 Å². The first-order chi connectivity index (χ1) is 16.1. The Bertz CT molecular complexity index is 1310. The molecule has 176 valence electrons. The first kappa shape index (κ1) is 23.6. The lowest BCUT2D eigenvalue weighted by atomic mass is 9.92. The fraction of sp³-hybridized carbons (Fsp3) is 0.259. The average molecular weight is 480 g/mol. The Morgan fingerprint density at radius 3 is 2.47 bits per heavy atom. The van der Waals surface area contributed by atoms with E-state index in [-0.39, 0.29) is 17.3 Å². The van der Waals surface area contributed by atoms with Crippen LogP contribution in [0.4, 0.5) is 5.69 Å². The summed E-state index contributed by atoms with van der Waals surface area (Å²) in [5.41, 5.74) is 3.24. The van der Waals surface area contributed by atoms with Gasteiger partial charge < -0.3 is 14.3 Å². The molecule has 0 radical (unpaired) electrons. The minimum atomic E-state index is -0.948. The Labute approximate surface area is 203 Å². The maximum atomic E-state index is 13.4. The number of anilines is 1. The first-order valence-corrected chi connectivity index (χ1v) is 11.3. The molecule has 4 rings (SSSR count). The van der Waals surface area contributed by atoms with Crippen molar-refractivity contribution in [2.45, 2.75) is 39.7 Å². The van der Waals surface area contributed by atoms with Gasteiger partial charge in [0.05, 0.1) is 18.9 Å². The van der Waals surface area contributed by atoms with Crippen molar-refractivity contribution in [2.24, 2.45) is 0 Å². The lowest BCUT2D eigenvalue weighted by Gasteiger charge is -2.25. The number of hydrogen-bond acceptors (Lipinski definition) is 5. The van der Waals surface area contributed by atoms with E-state index in [1.165, 1.54) is 11.2 Å². The van der Waals surface area contributed by atoms with E-state index in [0.717, 1.165) is 11.1 Å². The second kappa shape index (κ2) is 9.03. The summed E-state index contributed by atoms with van der Waals surface area (Å²) in [5, 5.41) is 11.9. The van der Waals surface area contributed by atoms with Crippen molar-refractivity contribution in [1.82, 2.24) is 0 Å². The molecule has 1 N–H and O–H groups in total. The number of methoxy groups -OCH3 is 1. The van der Waals surface area contributed by atoms with Crippen LogP contribution in [-0.4, -0.2) is 23.9 Å². The number of aryl methyl sites for hydroxylation is 2. The molecule has 6 nitrogen and oxygen atoms in total. The quantitative estimate of drug-likeness (QED) is 0.263. The molecule has 0 saturated carbocycles. The normalized spacial score (nSPS) is 17.6. The molecule has 1 amide bonds. The largest absolute Gasteiger partial charge is 0.507 e. The third kappa shape index (κ3) is 3.88. The van der Waals surface area contributed by atoms with Gasteiger partial charge in [-0.3, -0.25) is 14.5 Å². The summed E-state index contributed by atoms with van der Waals surface area (Å²) in [7, 11) is 1.59. The van der Waals surface area contributed by atoms with E-state index >= 15 is 0 Å². The Morgan fingerprint density at radius 2 is 1.85 bits per heavy atom. The Morgan fingerprint density at radius 1 is 1.12 bits per heavy atom. The highest BCUT2D eigenvalue weighted by Gasteiger charge is 2.48. The summed E-state index contributed by atoms with van der Waals surface area (Å²) < 4.78 is 11.1. The molecule has 1 atom stereocenters. The van der Waals surface area contributed by atoms with E-state index in [4.69, 9.17) is 20.8 Å². The van der Waals surface area contributed by atoms with Crippen molar-refractivity contribution in [3.63, 3.8) is 0 Å². The smallest absolute Gasteiger partial charge is 0.300 e. The zero-order valence-corrected chi connectivity index (χ0v) is 20.4. The predicted octanol–water partition coefficient (Wildman–Crippen LogP) is 6.31. The molecule has 1 aliphatic rings. The number of aliphatic hydroxyl groups excluding tert-OH is 1. The van der Waals surface area contributed by atoms with Crippen LogP contribution in [0.1, 0.15) is 53.8 Å². The molecular formula is C27H26ClNO5. The number of halogens is 1. The molecule has 7 heteroatoms. The summed E-state index contributed by atoms with van der Waals surface area (Å²) in [4.78, 5) is 28.0. The van der Waals surface area contributed by atoms with Crippen LogP contribution in [-0.2, 0) is 9.59 Å². The molecule has 1 aromatic heterocycles. The number of ketones is 1. The molecule has 34 heavy (non-hydrogen) atoms. The van der Waals surface area contributed by atoms with E-state index in [1.54, 1.807) is 37.4 Å². The molecule has 0 bridgehead atoms. The highest BCUT2D eigenvalue weighted by molar-refractivity contribution is 6.52. The molecule has 1 aliphatic heterocycles. The second-order valence-corrected chi connectivity index (χ2v) is 9.12. The number of nitrogens with zero attached hydrogens (tertiary/aromatic N) is 1. The molecule has 1 fully saturated rings. The van der Waals surface area contributed by atoms with Gasteiger partial charge in [-0.1, -0.05) is 31.5 Å². The number of amides is 1. The standard InChI is InChI=1S/C27H26ClNO5/c1-14(2)18-13-19(16(4)11-22(18)33-5)25(30)23-24(21-7-6-10-34-21)29(27(32)26(23)31)20-12-17(28)9-8-15(20)3/h6-14,24,30H,1-5H3/b25-23+. The number of furan rings is 1. The SMILES string of the molecule is COc1cc(C)c(/C(O)=C2\C(=O)C(=O)N(c3cc(Cl)ccc3C)C2c2ccco2)cc1C(C)C. The van der Waals surface area contributed by atoms with Crippen LogP contribution in [0.25, 0.3) is 5.76 Å². The summed E-state index contributed by atoms with van der Waals surface area (Å²) in [6, 6.07) is 11.2. The monoisotopic (exact) mass is 479 g/mol. The molecule has 2 aromatic carbocycles. The Balaban J connectivity index is 1.98. The van der Waals surface area contributed by atoms with E-state index in [0.29, 0.717) is 33.3 Å². The van der Waals surface area contributed by atoms with Crippen LogP contribution in [0.2, 0.25) is 5.02 Å². The predicted molar refractivity (Wildman–Crippen MR) is 131 cm³/mol. The van der Waals surface area contributed by atoms with Gasteiger partial charge in [-0.15, -0.1) is 0 Å². The molecule has 2 heterocycles. The van der Waals surface area contributed by atoms with Crippen LogP contribution >= 0.6 is 11.6 Å². The van der Waals surface area contributed by atoms with Gasteiger partial charge in [0, 0.05) is 16.3 Å². The summed E-state index contributed by atoms with van der Waals surface area (Å²) >= 11 is 6.22. The summed E-state index contributed by atoms with van der Waals surface area (Å²) in [6.45, 7) is 7.68. The number of rotatable bonds is 5. The third-order valence-corrected chi connectivity index (χ3v) is 6.38. The van der Waals surface area contributed by atoms with Gasteiger partial charge in [0.2, 0.25) is 0 Å². The fourth-order valence-electron chi connectivity index (χ4n) is 4.37. The van der Waals surface area contributed by atoms with Crippen LogP contribution in [0, 0.1) is 13.8 Å². The van der Waals surface area contributed by atoms with Crippen LogP contribution < -0.4 is 9.64 Å². The zero-order valence-electron chi connectivity index (χ0n) is 19.7. The minimum absolute atomic E-state index is 0.0395. The number of ether oxygens (including phenoxy) is 1. The molecule has 3 aromatic rings. The van der Waals surface area contributed by atoms with Crippen molar-refractivity contribution in [2.75, 3.05) is 12.0 Å². The molecule has 0 aliphatic carbocycles. The first-order valence-electron chi connectivity index (χ1n) is 10.9. The van der Waals surface area contributed by atoms with Gasteiger partial charge in [-0.25, -0.2) is 0 Å². The van der Waals surface area contributed by atoms with E-state index in [2.05, 4.69) is 0 Å². The highest BCUT2D eigenvalue weighted by Crippen LogP contribution is 2.44. The van der Waals surface area contributed by atoms with Crippen LogP contribution in [0.5, 0.6) is 5.75 Å². The number of carbonyl (C=O) groups is 2. The lowest BCUT2D eigenvalue weighted by molar-refractivity contribution is -0.132. The zero-order chi connectivity index (χ0) is 24.7. The number of benzene rings is 2. The van der Waals surface area contributed by atoms with Gasteiger partial charge >= 0.3 is 0 Å². The number of aliphatic hydroxyl groups is 1. The highest BCUT2D eigenvalue weighted by atomic mass is 35.5. The van der Waals surface area contributed by atoms with Crippen molar-refractivity contribution < 1.29 is 23.8 Å². The molecule has 1 unspecified atom stereocenters. The second-order valence-electron chi connectivity index (χ2n) is 8.68. The maximum absolute atomic E-state index is 13.4. The number of hydrogen-bond donors (Lipinski definition) is 1. The molecule has 1 saturated heterocycles. The van der Waals surface area contributed by atoms with Gasteiger partial charge in [0.1, 0.15) is 23.3 Å². The Kier molecular flexibility index (Phi) is 6.28.